The maximum atomic E-state index is 14.1. The van der Waals surface area contributed by atoms with Gasteiger partial charge >= 0.3 is 0 Å². The van der Waals surface area contributed by atoms with Gasteiger partial charge in [0.15, 0.2) is 23.0 Å². The predicted octanol–water partition coefficient (Wildman–Crippen LogP) is 4.59. The zero-order chi connectivity index (χ0) is 25.7. The van der Waals surface area contributed by atoms with Crippen LogP contribution in [0.25, 0.3) is 0 Å². The van der Waals surface area contributed by atoms with Crippen molar-refractivity contribution in [3.8, 4) is 17.2 Å². The summed E-state index contributed by atoms with van der Waals surface area (Å²) in [5.74, 6) is 0.215. The lowest BCUT2D eigenvalue weighted by Crippen LogP contribution is -2.49. The average molecular weight is 488 g/mol. The van der Waals surface area contributed by atoms with Gasteiger partial charge < -0.3 is 24.2 Å². The fourth-order valence-corrected chi connectivity index (χ4v) is 4.58. The van der Waals surface area contributed by atoms with Crippen LogP contribution in [0.2, 0.25) is 0 Å². The number of benzene rings is 3. The first-order valence-corrected chi connectivity index (χ1v) is 11.6. The number of aryl methyl sites for hydroxylation is 1. The standard InChI is InChI=1S/C29H29NO6/c1-34-23-11-7-10-21(16-23)19-30-28(33)24(31)18-29(30,22-13-14-25(35-2)26(17-22)36-3)27(32)15-12-20-8-5-4-6-9-20/h4-11,13-14,16-18,31H,12,15,19H2,1-3H3. The van der Waals surface area contributed by atoms with Crippen molar-refractivity contribution in [3.63, 3.8) is 0 Å². The van der Waals surface area contributed by atoms with Crippen LogP contribution in [0.4, 0.5) is 0 Å². The molecule has 0 spiro atoms. The number of amides is 1. The topological polar surface area (TPSA) is 85.3 Å². The van der Waals surface area contributed by atoms with Gasteiger partial charge in [-0.05, 0) is 47.4 Å². The SMILES string of the molecule is COc1cccc(CN2C(=O)C(O)=CC2(C(=O)CCc2ccccc2)c2ccc(OC)c(OC)c2)c1. The maximum Gasteiger partial charge on any atom is 0.290 e. The fraction of sp³-hybridized carbons (Fsp3) is 0.241. The van der Waals surface area contributed by atoms with E-state index in [1.165, 1.54) is 25.2 Å². The van der Waals surface area contributed by atoms with E-state index in [0.717, 1.165) is 11.1 Å². The molecule has 0 saturated carbocycles. The summed E-state index contributed by atoms with van der Waals surface area (Å²) in [5.41, 5.74) is 0.730. The number of Topliss-reactive ketones (excluding diaryl/α,β-unsaturated/α-hetero) is 1. The van der Waals surface area contributed by atoms with E-state index in [9.17, 15) is 14.7 Å². The van der Waals surface area contributed by atoms with Gasteiger partial charge in [-0.1, -0.05) is 48.5 Å². The molecule has 1 N–H and O–H groups in total. The molecule has 7 nitrogen and oxygen atoms in total. The van der Waals surface area contributed by atoms with Crippen molar-refractivity contribution in [1.82, 2.24) is 4.90 Å². The Morgan fingerprint density at radius 2 is 1.58 bits per heavy atom. The van der Waals surface area contributed by atoms with Crippen LogP contribution in [0.15, 0.2) is 84.6 Å². The van der Waals surface area contributed by atoms with Crippen molar-refractivity contribution < 1.29 is 28.9 Å². The average Bonchev–Trinajstić information content (AvgIpc) is 3.17. The monoisotopic (exact) mass is 487 g/mol. The molecule has 1 aliphatic rings. The van der Waals surface area contributed by atoms with Crippen molar-refractivity contribution in [2.75, 3.05) is 21.3 Å². The number of carbonyl (C=O) groups excluding carboxylic acids is 2. The Hall–Kier alpha value is -4.26. The molecule has 1 heterocycles. The van der Waals surface area contributed by atoms with Crippen LogP contribution in [-0.4, -0.2) is 43.0 Å². The number of nitrogens with zero attached hydrogens (tertiary/aromatic N) is 1. The molecule has 7 heteroatoms. The molecule has 0 aliphatic carbocycles. The third-order valence-electron chi connectivity index (χ3n) is 6.44. The highest BCUT2D eigenvalue weighted by molar-refractivity contribution is 6.05. The number of aliphatic hydroxyl groups is 1. The summed E-state index contributed by atoms with van der Waals surface area (Å²) in [6, 6.07) is 22.0. The van der Waals surface area contributed by atoms with E-state index in [2.05, 4.69) is 0 Å². The van der Waals surface area contributed by atoms with E-state index in [-0.39, 0.29) is 18.7 Å². The molecule has 1 atom stereocenters. The summed E-state index contributed by atoms with van der Waals surface area (Å²) in [7, 11) is 4.60. The van der Waals surface area contributed by atoms with Crippen LogP contribution in [0.1, 0.15) is 23.1 Å². The highest BCUT2D eigenvalue weighted by atomic mass is 16.5. The highest BCUT2D eigenvalue weighted by Crippen LogP contribution is 2.43. The first kappa shape index (κ1) is 24.9. The van der Waals surface area contributed by atoms with Gasteiger partial charge in [0.2, 0.25) is 0 Å². The zero-order valence-corrected chi connectivity index (χ0v) is 20.6. The van der Waals surface area contributed by atoms with Gasteiger partial charge in [-0.25, -0.2) is 0 Å². The van der Waals surface area contributed by atoms with Crippen LogP contribution in [0.5, 0.6) is 17.2 Å². The molecule has 186 valence electrons. The Morgan fingerprint density at radius 1 is 0.861 bits per heavy atom. The van der Waals surface area contributed by atoms with Gasteiger partial charge in [-0.2, -0.15) is 0 Å². The molecule has 1 unspecified atom stereocenters. The van der Waals surface area contributed by atoms with E-state index in [1.807, 2.05) is 42.5 Å². The Morgan fingerprint density at radius 3 is 2.28 bits per heavy atom. The summed E-state index contributed by atoms with van der Waals surface area (Å²) in [5, 5.41) is 10.6. The van der Waals surface area contributed by atoms with Gasteiger partial charge in [-0.15, -0.1) is 0 Å². The number of hydrogen-bond acceptors (Lipinski definition) is 6. The van der Waals surface area contributed by atoms with Crippen molar-refractivity contribution in [1.29, 1.82) is 0 Å². The maximum absolute atomic E-state index is 14.1. The predicted molar refractivity (Wildman–Crippen MR) is 135 cm³/mol. The van der Waals surface area contributed by atoms with Crippen LogP contribution in [0.3, 0.4) is 0 Å². The second-order valence-electron chi connectivity index (χ2n) is 8.52. The molecule has 0 saturated heterocycles. The number of rotatable bonds is 10. The summed E-state index contributed by atoms with van der Waals surface area (Å²) in [6.07, 6.45) is 2.00. The second kappa shape index (κ2) is 10.6. The largest absolute Gasteiger partial charge is 0.503 e. The van der Waals surface area contributed by atoms with Crippen molar-refractivity contribution in [3.05, 3.63) is 101 Å². The molecule has 0 fully saturated rings. The molecule has 3 aromatic carbocycles. The van der Waals surface area contributed by atoms with Gasteiger partial charge in [0.1, 0.15) is 11.3 Å². The minimum atomic E-state index is -1.53. The molecule has 0 aromatic heterocycles. The summed E-state index contributed by atoms with van der Waals surface area (Å²) in [4.78, 5) is 28.7. The van der Waals surface area contributed by atoms with Crippen LogP contribution in [-0.2, 0) is 28.1 Å². The van der Waals surface area contributed by atoms with E-state index in [1.54, 1.807) is 37.4 Å². The summed E-state index contributed by atoms with van der Waals surface area (Å²) < 4.78 is 16.2. The smallest absolute Gasteiger partial charge is 0.290 e. The molecule has 0 bridgehead atoms. The molecule has 4 rings (SSSR count). The number of ketones is 1. The molecule has 3 aromatic rings. The molecular weight excluding hydrogens is 458 g/mol. The highest BCUT2D eigenvalue weighted by Gasteiger charge is 2.52. The lowest BCUT2D eigenvalue weighted by Gasteiger charge is -2.37. The van der Waals surface area contributed by atoms with Crippen LogP contribution < -0.4 is 14.2 Å². The number of ether oxygens (including phenoxy) is 3. The van der Waals surface area contributed by atoms with E-state index in [0.29, 0.717) is 29.2 Å². The van der Waals surface area contributed by atoms with Crippen molar-refractivity contribution in [2.45, 2.75) is 24.9 Å². The number of aliphatic hydroxyl groups excluding tert-OH is 1. The number of carbonyl (C=O) groups is 2. The lowest BCUT2D eigenvalue weighted by atomic mass is 9.82. The van der Waals surface area contributed by atoms with Gasteiger partial charge in [-0.3, -0.25) is 9.59 Å². The van der Waals surface area contributed by atoms with Crippen molar-refractivity contribution >= 4 is 11.7 Å². The lowest BCUT2D eigenvalue weighted by molar-refractivity contribution is -0.141. The Labute approximate surface area is 210 Å². The van der Waals surface area contributed by atoms with Gasteiger partial charge in [0.25, 0.3) is 5.91 Å². The minimum absolute atomic E-state index is 0.0853. The number of hydrogen-bond donors (Lipinski definition) is 1. The second-order valence-corrected chi connectivity index (χ2v) is 8.52. The van der Waals surface area contributed by atoms with Crippen molar-refractivity contribution in [2.24, 2.45) is 0 Å². The van der Waals surface area contributed by atoms with Crippen LogP contribution in [0, 0.1) is 0 Å². The Bertz CT molecular complexity index is 1290. The third kappa shape index (κ3) is 4.64. The molecular formula is C29H29NO6. The zero-order valence-electron chi connectivity index (χ0n) is 20.6. The molecule has 1 aliphatic heterocycles. The third-order valence-corrected chi connectivity index (χ3v) is 6.44. The van der Waals surface area contributed by atoms with E-state index in [4.69, 9.17) is 14.2 Å². The van der Waals surface area contributed by atoms with Crippen LogP contribution >= 0.6 is 0 Å². The Balaban J connectivity index is 1.81. The van der Waals surface area contributed by atoms with Gasteiger partial charge in [0, 0.05) is 19.0 Å². The normalized spacial score (nSPS) is 17.0. The first-order valence-electron chi connectivity index (χ1n) is 11.6. The minimum Gasteiger partial charge on any atom is -0.503 e. The summed E-state index contributed by atoms with van der Waals surface area (Å²) >= 11 is 0. The molecule has 0 radical (unpaired) electrons. The van der Waals surface area contributed by atoms with Gasteiger partial charge in [0.05, 0.1) is 21.3 Å². The molecule has 36 heavy (non-hydrogen) atoms. The van der Waals surface area contributed by atoms with E-state index >= 15 is 0 Å². The first-order chi connectivity index (χ1) is 17.4. The van der Waals surface area contributed by atoms with E-state index < -0.39 is 17.2 Å². The number of methoxy groups -OCH3 is 3. The molecule has 1 amide bonds. The fourth-order valence-electron chi connectivity index (χ4n) is 4.58. The quantitative estimate of drug-likeness (QED) is 0.450. The Kier molecular flexibility index (Phi) is 7.29. The summed E-state index contributed by atoms with van der Waals surface area (Å²) in [6.45, 7) is 0.0853.